The van der Waals surface area contributed by atoms with Gasteiger partial charge in [-0.2, -0.15) is 0 Å². The van der Waals surface area contributed by atoms with Crippen molar-refractivity contribution in [2.45, 2.75) is 19.4 Å². The number of hydrogen-bond donors (Lipinski definition) is 0. The van der Waals surface area contributed by atoms with Crippen LogP contribution in [0.15, 0.2) is 42.5 Å². The zero-order chi connectivity index (χ0) is 23.4. The Balaban J connectivity index is 1.60. The molecule has 9 heteroatoms. The van der Waals surface area contributed by atoms with Gasteiger partial charge in [0.15, 0.2) is 10.7 Å². The molecule has 0 N–H and O–H groups in total. The largest absolute Gasteiger partial charge is 0.497 e. The van der Waals surface area contributed by atoms with Gasteiger partial charge >= 0.3 is 0 Å². The van der Waals surface area contributed by atoms with Crippen LogP contribution in [0.1, 0.15) is 13.8 Å². The topological polar surface area (TPSA) is 64.1 Å². The maximum Gasteiger partial charge on any atom is 0.272 e. The number of carbonyl (C=O) groups excluding carboxylic acids is 1. The van der Waals surface area contributed by atoms with E-state index in [0.29, 0.717) is 35.7 Å². The Bertz CT molecular complexity index is 1100. The Labute approximate surface area is 202 Å². The molecule has 0 saturated carbocycles. The number of aromatic nitrogens is 1. The summed E-state index contributed by atoms with van der Waals surface area (Å²) in [5.41, 5.74) is -0.302. The summed E-state index contributed by atoms with van der Waals surface area (Å²) in [6.07, 6.45) is 0. The number of methoxy groups -OCH3 is 1. The maximum absolute atomic E-state index is 13.8. The fourth-order valence-corrected chi connectivity index (χ4v) is 4.75. The molecule has 0 bridgehead atoms. The number of rotatable bonds is 8. The van der Waals surface area contributed by atoms with E-state index in [1.165, 1.54) is 11.3 Å². The van der Waals surface area contributed by atoms with Crippen molar-refractivity contribution >= 4 is 44.2 Å². The molecule has 2 aromatic carbocycles. The van der Waals surface area contributed by atoms with Gasteiger partial charge in [0.2, 0.25) is 0 Å². The highest BCUT2D eigenvalue weighted by molar-refractivity contribution is 7.22. The van der Waals surface area contributed by atoms with Crippen molar-refractivity contribution in [3.8, 4) is 11.5 Å². The first-order valence-electron chi connectivity index (χ1n) is 10.9. The summed E-state index contributed by atoms with van der Waals surface area (Å²) in [7, 11) is 1.63. The molecule has 0 aliphatic carbocycles. The van der Waals surface area contributed by atoms with Crippen molar-refractivity contribution in [2.24, 2.45) is 0 Å². The Morgan fingerprint density at radius 2 is 1.88 bits per heavy atom. The van der Waals surface area contributed by atoms with Gasteiger partial charge in [0.1, 0.15) is 11.5 Å². The molecule has 1 aliphatic heterocycles. The van der Waals surface area contributed by atoms with Gasteiger partial charge < -0.3 is 14.2 Å². The molecular formula is C24H28ClN3O4S. The van der Waals surface area contributed by atoms with Gasteiger partial charge in [0.25, 0.3) is 5.91 Å². The van der Waals surface area contributed by atoms with Gasteiger partial charge in [-0.15, -0.1) is 0 Å². The number of carbonyl (C=O) groups is 1. The van der Waals surface area contributed by atoms with Gasteiger partial charge in [-0.1, -0.05) is 22.9 Å². The van der Waals surface area contributed by atoms with E-state index in [-0.39, 0.29) is 5.91 Å². The Morgan fingerprint density at radius 1 is 1.18 bits per heavy atom. The first-order chi connectivity index (χ1) is 15.9. The summed E-state index contributed by atoms with van der Waals surface area (Å²) in [6.45, 7) is 7.91. The predicted molar refractivity (Wildman–Crippen MR) is 132 cm³/mol. The van der Waals surface area contributed by atoms with Crippen LogP contribution < -0.4 is 14.4 Å². The second kappa shape index (κ2) is 10.3. The van der Waals surface area contributed by atoms with Crippen molar-refractivity contribution < 1.29 is 19.0 Å². The molecule has 0 spiro atoms. The zero-order valence-corrected chi connectivity index (χ0v) is 20.6. The number of halogens is 1. The van der Waals surface area contributed by atoms with Crippen LogP contribution in [0.4, 0.5) is 5.13 Å². The van der Waals surface area contributed by atoms with Crippen LogP contribution in [-0.4, -0.2) is 67.9 Å². The number of fused-ring (bicyclic) bond motifs is 1. The summed E-state index contributed by atoms with van der Waals surface area (Å²) in [6, 6.07) is 12.8. The molecule has 1 aliphatic rings. The van der Waals surface area contributed by atoms with Crippen LogP contribution in [0.5, 0.6) is 11.5 Å². The second-order valence-electron chi connectivity index (χ2n) is 8.31. The monoisotopic (exact) mass is 489 g/mol. The third kappa shape index (κ3) is 5.76. The van der Waals surface area contributed by atoms with Crippen molar-refractivity contribution in [1.82, 2.24) is 9.88 Å². The van der Waals surface area contributed by atoms with E-state index in [4.69, 9.17) is 30.8 Å². The lowest BCUT2D eigenvalue weighted by Gasteiger charge is -2.33. The highest BCUT2D eigenvalue weighted by atomic mass is 35.5. The van der Waals surface area contributed by atoms with Gasteiger partial charge in [-0.3, -0.25) is 14.6 Å². The Morgan fingerprint density at radius 3 is 2.58 bits per heavy atom. The fraction of sp³-hybridized carbons (Fsp3) is 0.417. The third-order valence-corrected chi connectivity index (χ3v) is 6.82. The number of morpholine rings is 1. The van der Waals surface area contributed by atoms with Crippen LogP contribution >= 0.6 is 22.9 Å². The van der Waals surface area contributed by atoms with E-state index < -0.39 is 5.60 Å². The molecule has 4 rings (SSSR count). The minimum absolute atomic E-state index is 0.156. The molecular weight excluding hydrogens is 462 g/mol. The summed E-state index contributed by atoms with van der Waals surface area (Å²) in [5.74, 6) is 1.16. The molecule has 3 aromatic rings. The van der Waals surface area contributed by atoms with Crippen molar-refractivity contribution in [2.75, 3.05) is 51.4 Å². The van der Waals surface area contributed by atoms with E-state index >= 15 is 0 Å². The van der Waals surface area contributed by atoms with E-state index in [0.717, 1.165) is 35.6 Å². The smallest absolute Gasteiger partial charge is 0.272 e. The van der Waals surface area contributed by atoms with E-state index in [1.54, 1.807) is 50.1 Å². The van der Waals surface area contributed by atoms with E-state index in [1.807, 2.05) is 18.2 Å². The molecule has 1 saturated heterocycles. The number of nitrogens with zero attached hydrogens (tertiary/aromatic N) is 3. The number of hydrogen-bond acceptors (Lipinski definition) is 7. The van der Waals surface area contributed by atoms with Gasteiger partial charge in [0, 0.05) is 37.3 Å². The number of amides is 1. The summed E-state index contributed by atoms with van der Waals surface area (Å²) in [4.78, 5) is 22.6. The highest BCUT2D eigenvalue weighted by Crippen LogP contribution is 2.33. The summed E-state index contributed by atoms with van der Waals surface area (Å²) in [5, 5.41) is 1.26. The number of anilines is 1. The van der Waals surface area contributed by atoms with Crippen molar-refractivity contribution in [1.29, 1.82) is 0 Å². The average molecular weight is 490 g/mol. The van der Waals surface area contributed by atoms with Gasteiger partial charge in [-0.05, 0) is 50.2 Å². The molecule has 1 fully saturated rings. The highest BCUT2D eigenvalue weighted by Gasteiger charge is 2.36. The molecule has 0 atom stereocenters. The quantitative estimate of drug-likeness (QED) is 0.465. The van der Waals surface area contributed by atoms with E-state index in [2.05, 4.69) is 4.90 Å². The fourth-order valence-electron chi connectivity index (χ4n) is 3.65. The molecule has 0 radical (unpaired) electrons. The first kappa shape index (κ1) is 23.8. The van der Waals surface area contributed by atoms with Crippen LogP contribution in [0.3, 0.4) is 0 Å². The standard InChI is InChI=1S/C24H28ClN3O4S/c1-24(2,32-18-6-4-17(25)5-7-18)22(29)28(11-10-27-12-14-31-15-13-27)23-26-20-16-19(30-3)8-9-21(20)33-23/h4-9,16H,10-15H2,1-3H3. The van der Waals surface area contributed by atoms with Crippen LogP contribution in [0, 0.1) is 0 Å². The summed E-state index contributed by atoms with van der Waals surface area (Å²) < 4.78 is 17.9. The van der Waals surface area contributed by atoms with Gasteiger partial charge in [-0.25, -0.2) is 4.98 Å². The molecule has 176 valence electrons. The molecule has 2 heterocycles. The number of benzene rings is 2. The lowest BCUT2D eigenvalue weighted by Crippen LogP contribution is -2.51. The lowest BCUT2D eigenvalue weighted by atomic mass is 10.1. The predicted octanol–water partition coefficient (Wildman–Crippen LogP) is 4.48. The van der Waals surface area contributed by atoms with E-state index in [9.17, 15) is 4.79 Å². The van der Waals surface area contributed by atoms with Crippen molar-refractivity contribution in [3.63, 3.8) is 0 Å². The minimum atomic E-state index is -1.10. The number of ether oxygens (including phenoxy) is 3. The first-order valence-corrected chi connectivity index (χ1v) is 12.1. The molecule has 33 heavy (non-hydrogen) atoms. The average Bonchev–Trinajstić information content (AvgIpc) is 3.24. The normalized spacial score (nSPS) is 14.9. The minimum Gasteiger partial charge on any atom is -0.497 e. The molecule has 1 aromatic heterocycles. The number of thiazole rings is 1. The molecule has 7 nitrogen and oxygen atoms in total. The Hall–Kier alpha value is -2.39. The zero-order valence-electron chi connectivity index (χ0n) is 19.0. The third-order valence-electron chi connectivity index (χ3n) is 5.50. The lowest BCUT2D eigenvalue weighted by molar-refractivity contribution is -0.131. The van der Waals surface area contributed by atoms with Crippen molar-refractivity contribution in [3.05, 3.63) is 47.5 Å². The van der Waals surface area contributed by atoms with Crippen LogP contribution in [-0.2, 0) is 9.53 Å². The Kier molecular flexibility index (Phi) is 7.38. The van der Waals surface area contributed by atoms with Gasteiger partial charge in [0.05, 0.1) is 30.5 Å². The summed E-state index contributed by atoms with van der Waals surface area (Å²) >= 11 is 7.48. The maximum atomic E-state index is 13.8. The second-order valence-corrected chi connectivity index (χ2v) is 9.75. The molecule has 1 amide bonds. The SMILES string of the molecule is COc1ccc2sc(N(CCN3CCOCC3)C(=O)C(C)(C)Oc3ccc(Cl)cc3)nc2c1. The van der Waals surface area contributed by atoms with Crippen LogP contribution in [0.25, 0.3) is 10.2 Å². The molecule has 0 unspecified atom stereocenters. The van der Waals surface area contributed by atoms with Crippen LogP contribution in [0.2, 0.25) is 5.02 Å².